The zero-order valence-electron chi connectivity index (χ0n) is 14.5. The van der Waals surface area contributed by atoms with Gasteiger partial charge in [0, 0.05) is 24.8 Å². The maximum Gasteiger partial charge on any atom is 0.267 e. The van der Waals surface area contributed by atoms with Crippen molar-refractivity contribution in [3.8, 4) is 11.3 Å². The molecule has 1 aromatic carbocycles. The zero-order chi connectivity index (χ0) is 16.8. The molecule has 2 aromatic rings. The first kappa shape index (κ1) is 19.5. The predicted octanol–water partition coefficient (Wildman–Crippen LogP) is 2.85. The molecule has 1 fully saturated rings. The second-order valence-electron chi connectivity index (χ2n) is 6.52. The number of carbonyl (C=O) groups excluding carboxylic acids is 1. The van der Waals surface area contributed by atoms with Crippen molar-refractivity contribution in [2.24, 2.45) is 5.41 Å². The van der Waals surface area contributed by atoms with Crippen molar-refractivity contribution in [3.63, 3.8) is 0 Å². The number of rotatable bonds is 6. The SMILES string of the molecule is COCC1(CNC(=O)c2ccc(-c3ccccc3)[nH]2)CCNCC1.Cl. The molecule has 2 heterocycles. The molecular weight excluding hydrogens is 338 g/mol. The largest absolute Gasteiger partial charge is 0.384 e. The molecule has 0 saturated carbocycles. The van der Waals surface area contributed by atoms with E-state index in [4.69, 9.17) is 4.74 Å². The van der Waals surface area contributed by atoms with E-state index >= 15 is 0 Å². The summed E-state index contributed by atoms with van der Waals surface area (Å²) in [6.07, 6.45) is 2.03. The first-order valence-electron chi connectivity index (χ1n) is 8.45. The molecule has 1 amide bonds. The number of H-pyrrole nitrogens is 1. The smallest absolute Gasteiger partial charge is 0.267 e. The Morgan fingerprint density at radius 3 is 2.56 bits per heavy atom. The van der Waals surface area contributed by atoms with Crippen LogP contribution in [-0.2, 0) is 4.74 Å². The molecular formula is C19H26ClN3O2. The number of hydrogen-bond acceptors (Lipinski definition) is 3. The molecule has 25 heavy (non-hydrogen) atoms. The van der Waals surface area contributed by atoms with Gasteiger partial charge in [-0.25, -0.2) is 0 Å². The first-order valence-corrected chi connectivity index (χ1v) is 8.45. The maximum absolute atomic E-state index is 12.5. The van der Waals surface area contributed by atoms with E-state index in [2.05, 4.69) is 15.6 Å². The number of methoxy groups -OCH3 is 1. The second kappa shape index (κ2) is 9.04. The zero-order valence-corrected chi connectivity index (χ0v) is 15.3. The van der Waals surface area contributed by atoms with Gasteiger partial charge in [-0.15, -0.1) is 12.4 Å². The van der Waals surface area contributed by atoms with Crippen LogP contribution in [0.3, 0.4) is 0 Å². The molecule has 1 aliphatic heterocycles. The van der Waals surface area contributed by atoms with E-state index in [1.165, 1.54) is 0 Å². The Kier molecular flexibility index (Phi) is 7.05. The molecule has 5 nitrogen and oxygen atoms in total. The van der Waals surface area contributed by atoms with Crippen molar-refractivity contribution in [2.45, 2.75) is 12.8 Å². The third kappa shape index (κ3) is 4.84. The minimum Gasteiger partial charge on any atom is -0.384 e. The summed E-state index contributed by atoms with van der Waals surface area (Å²) in [4.78, 5) is 15.7. The number of piperidine rings is 1. The number of nitrogens with one attached hydrogen (secondary N) is 3. The third-order valence-corrected chi connectivity index (χ3v) is 4.75. The molecule has 0 bridgehead atoms. The molecule has 0 radical (unpaired) electrons. The lowest BCUT2D eigenvalue weighted by Crippen LogP contribution is -2.47. The average molecular weight is 364 g/mol. The van der Waals surface area contributed by atoms with Crippen molar-refractivity contribution >= 4 is 18.3 Å². The molecule has 3 N–H and O–H groups in total. The molecule has 0 spiro atoms. The van der Waals surface area contributed by atoms with Crippen LogP contribution in [0.15, 0.2) is 42.5 Å². The molecule has 3 rings (SSSR count). The molecule has 1 aliphatic rings. The van der Waals surface area contributed by atoms with Crippen LogP contribution in [0.1, 0.15) is 23.3 Å². The molecule has 1 aromatic heterocycles. The van der Waals surface area contributed by atoms with Gasteiger partial charge in [-0.3, -0.25) is 4.79 Å². The number of hydrogen-bond donors (Lipinski definition) is 3. The molecule has 0 atom stereocenters. The number of aromatic nitrogens is 1. The van der Waals surface area contributed by atoms with Gasteiger partial charge in [0.15, 0.2) is 0 Å². The van der Waals surface area contributed by atoms with E-state index in [1.54, 1.807) is 7.11 Å². The lowest BCUT2D eigenvalue weighted by molar-refractivity contribution is 0.0511. The monoisotopic (exact) mass is 363 g/mol. The molecule has 136 valence electrons. The fraction of sp³-hybridized carbons (Fsp3) is 0.421. The highest BCUT2D eigenvalue weighted by Gasteiger charge is 2.32. The van der Waals surface area contributed by atoms with Crippen LogP contribution in [-0.4, -0.2) is 44.2 Å². The Hall–Kier alpha value is -1.82. The van der Waals surface area contributed by atoms with Gasteiger partial charge < -0.3 is 20.4 Å². The van der Waals surface area contributed by atoms with Crippen molar-refractivity contribution in [1.82, 2.24) is 15.6 Å². The van der Waals surface area contributed by atoms with Crippen LogP contribution in [0.25, 0.3) is 11.3 Å². The van der Waals surface area contributed by atoms with Gasteiger partial charge >= 0.3 is 0 Å². The highest BCUT2D eigenvalue weighted by molar-refractivity contribution is 5.93. The van der Waals surface area contributed by atoms with E-state index in [0.717, 1.165) is 37.2 Å². The van der Waals surface area contributed by atoms with Crippen LogP contribution in [0, 0.1) is 5.41 Å². The summed E-state index contributed by atoms with van der Waals surface area (Å²) >= 11 is 0. The molecule has 6 heteroatoms. The summed E-state index contributed by atoms with van der Waals surface area (Å²) in [5.41, 5.74) is 2.65. The Bertz CT molecular complexity index is 661. The number of benzene rings is 1. The summed E-state index contributed by atoms with van der Waals surface area (Å²) in [7, 11) is 1.72. The van der Waals surface area contributed by atoms with Crippen LogP contribution in [0.4, 0.5) is 0 Å². The minimum absolute atomic E-state index is 0. The summed E-state index contributed by atoms with van der Waals surface area (Å²) in [5, 5.41) is 6.45. The summed E-state index contributed by atoms with van der Waals surface area (Å²) in [6.45, 7) is 3.26. The van der Waals surface area contributed by atoms with E-state index < -0.39 is 0 Å². The van der Waals surface area contributed by atoms with Crippen molar-refractivity contribution in [1.29, 1.82) is 0 Å². The fourth-order valence-electron chi connectivity index (χ4n) is 3.31. The van der Waals surface area contributed by atoms with Gasteiger partial charge in [-0.05, 0) is 43.6 Å². The minimum atomic E-state index is -0.0637. The summed E-state index contributed by atoms with van der Waals surface area (Å²) in [6, 6.07) is 13.8. The Morgan fingerprint density at radius 2 is 1.88 bits per heavy atom. The van der Waals surface area contributed by atoms with E-state index in [1.807, 2.05) is 42.5 Å². The highest BCUT2D eigenvalue weighted by Crippen LogP contribution is 2.28. The van der Waals surface area contributed by atoms with E-state index in [0.29, 0.717) is 18.8 Å². The van der Waals surface area contributed by atoms with Crippen LogP contribution in [0.5, 0.6) is 0 Å². The van der Waals surface area contributed by atoms with Crippen molar-refractivity contribution in [2.75, 3.05) is 33.4 Å². The topological polar surface area (TPSA) is 66.1 Å². The summed E-state index contributed by atoms with van der Waals surface area (Å²) in [5.74, 6) is -0.0637. The van der Waals surface area contributed by atoms with E-state index in [9.17, 15) is 4.79 Å². The first-order chi connectivity index (χ1) is 11.7. The summed E-state index contributed by atoms with van der Waals surface area (Å²) < 4.78 is 5.40. The maximum atomic E-state index is 12.5. The average Bonchev–Trinajstić information content (AvgIpc) is 3.12. The number of carbonyl (C=O) groups is 1. The quantitative estimate of drug-likeness (QED) is 0.739. The standard InChI is InChI=1S/C19H25N3O2.ClH/c1-24-14-19(9-11-20-12-10-19)13-21-18(23)17-8-7-16(22-17)15-5-3-2-4-6-15;/h2-8,20,22H,9-14H2,1H3,(H,21,23);1H. The van der Waals surface area contributed by atoms with Crippen LogP contribution in [0.2, 0.25) is 0 Å². The van der Waals surface area contributed by atoms with Crippen molar-refractivity contribution < 1.29 is 9.53 Å². The Balaban J connectivity index is 0.00000225. The Labute approximate surface area is 155 Å². The van der Waals surface area contributed by atoms with Gasteiger partial charge in [0.1, 0.15) is 5.69 Å². The normalized spacial score (nSPS) is 16.0. The molecule has 1 saturated heterocycles. The van der Waals surface area contributed by atoms with Gasteiger partial charge in [-0.1, -0.05) is 30.3 Å². The Morgan fingerprint density at radius 1 is 1.16 bits per heavy atom. The number of amides is 1. The van der Waals surface area contributed by atoms with Gasteiger partial charge in [0.2, 0.25) is 0 Å². The van der Waals surface area contributed by atoms with E-state index in [-0.39, 0.29) is 23.7 Å². The number of halogens is 1. The molecule has 0 unspecified atom stereocenters. The van der Waals surface area contributed by atoms with Gasteiger partial charge in [0.25, 0.3) is 5.91 Å². The van der Waals surface area contributed by atoms with Crippen LogP contribution < -0.4 is 10.6 Å². The molecule has 0 aliphatic carbocycles. The predicted molar refractivity (Wildman–Crippen MR) is 102 cm³/mol. The van der Waals surface area contributed by atoms with Gasteiger partial charge in [-0.2, -0.15) is 0 Å². The number of aromatic amines is 1. The van der Waals surface area contributed by atoms with Gasteiger partial charge in [0.05, 0.1) is 6.61 Å². The third-order valence-electron chi connectivity index (χ3n) is 4.75. The van der Waals surface area contributed by atoms with Crippen molar-refractivity contribution in [3.05, 3.63) is 48.2 Å². The van der Waals surface area contributed by atoms with Crippen LogP contribution >= 0.6 is 12.4 Å². The second-order valence-corrected chi connectivity index (χ2v) is 6.52. The lowest BCUT2D eigenvalue weighted by atomic mass is 9.79. The number of ether oxygens (including phenoxy) is 1. The lowest BCUT2D eigenvalue weighted by Gasteiger charge is -2.37. The fourth-order valence-corrected chi connectivity index (χ4v) is 3.31. The highest BCUT2D eigenvalue weighted by atomic mass is 35.5.